The van der Waals surface area contributed by atoms with Crippen LogP contribution >= 0.6 is 0 Å². The maximum absolute atomic E-state index is 6.30. The molecule has 0 spiro atoms. The van der Waals surface area contributed by atoms with Crippen LogP contribution in [0.4, 0.5) is 0 Å². The summed E-state index contributed by atoms with van der Waals surface area (Å²) in [7, 11) is 0. The third-order valence-electron chi connectivity index (χ3n) is 4.81. The molecule has 0 amide bonds. The summed E-state index contributed by atoms with van der Waals surface area (Å²) in [5, 5.41) is 0. The minimum atomic E-state index is 0.118. The van der Waals surface area contributed by atoms with Crippen LogP contribution in [0.2, 0.25) is 0 Å². The van der Waals surface area contributed by atoms with Gasteiger partial charge in [-0.1, -0.05) is 55.0 Å². The Kier molecular flexibility index (Phi) is 5.71. The molecular weight excluding hydrogens is 282 g/mol. The van der Waals surface area contributed by atoms with Gasteiger partial charge in [-0.15, -0.1) is 0 Å². The Hall–Kier alpha value is -1.80. The van der Waals surface area contributed by atoms with E-state index in [1.54, 1.807) is 0 Å². The van der Waals surface area contributed by atoms with Gasteiger partial charge in [-0.25, -0.2) is 0 Å². The second-order valence-electron chi connectivity index (χ2n) is 6.50. The molecule has 1 heterocycles. The summed E-state index contributed by atoms with van der Waals surface area (Å²) in [5.74, 6) is 0.952. The summed E-state index contributed by atoms with van der Waals surface area (Å²) in [6.07, 6.45) is 5.19. The van der Waals surface area contributed by atoms with Crippen molar-refractivity contribution in [3.63, 3.8) is 0 Å². The van der Waals surface area contributed by atoms with E-state index in [0.29, 0.717) is 6.04 Å². The molecule has 1 saturated heterocycles. The third kappa shape index (κ3) is 4.59. The third-order valence-corrected chi connectivity index (χ3v) is 4.81. The second kappa shape index (κ2) is 8.16. The Morgan fingerprint density at radius 3 is 2.39 bits per heavy atom. The van der Waals surface area contributed by atoms with E-state index in [4.69, 9.17) is 4.74 Å². The summed E-state index contributed by atoms with van der Waals surface area (Å²) in [6.45, 7) is 4.69. The molecule has 3 rings (SSSR count). The fraction of sp³-hybridized carbons (Fsp3) is 0.429. The SMILES string of the molecule is CC1CCCCN1CCC(Oc1ccccc1)c1ccccc1. The van der Waals surface area contributed by atoms with Crippen molar-refractivity contribution in [3.05, 3.63) is 66.2 Å². The van der Waals surface area contributed by atoms with Gasteiger partial charge in [0.05, 0.1) is 0 Å². The van der Waals surface area contributed by atoms with E-state index in [1.165, 1.54) is 31.4 Å². The van der Waals surface area contributed by atoms with Crippen LogP contribution in [0.25, 0.3) is 0 Å². The quantitative estimate of drug-likeness (QED) is 0.738. The normalized spacial score (nSPS) is 20.1. The Labute approximate surface area is 140 Å². The van der Waals surface area contributed by atoms with Gasteiger partial charge in [0.25, 0.3) is 0 Å². The summed E-state index contributed by atoms with van der Waals surface area (Å²) in [6, 6.07) is 21.5. The van der Waals surface area contributed by atoms with Crippen LogP contribution in [-0.2, 0) is 0 Å². The molecule has 0 radical (unpaired) electrons. The average Bonchev–Trinajstić information content (AvgIpc) is 2.61. The van der Waals surface area contributed by atoms with Crippen molar-refractivity contribution < 1.29 is 4.74 Å². The summed E-state index contributed by atoms with van der Waals surface area (Å²) < 4.78 is 6.30. The molecule has 2 nitrogen and oxygen atoms in total. The van der Waals surface area contributed by atoms with Crippen molar-refractivity contribution in [3.8, 4) is 5.75 Å². The number of rotatable bonds is 6. The Balaban J connectivity index is 1.67. The Morgan fingerprint density at radius 1 is 1.00 bits per heavy atom. The summed E-state index contributed by atoms with van der Waals surface area (Å²) in [5.41, 5.74) is 1.26. The van der Waals surface area contributed by atoms with Crippen molar-refractivity contribution in [2.75, 3.05) is 13.1 Å². The number of nitrogens with zero attached hydrogens (tertiary/aromatic N) is 1. The van der Waals surface area contributed by atoms with Crippen LogP contribution < -0.4 is 4.74 Å². The van der Waals surface area contributed by atoms with Crippen molar-refractivity contribution in [2.45, 2.75) is 44.8 Å². The van der Waals surface area contributed by atoms with Gasteiger partial charge in [-0.05, 0) is 44.0 Å². The van der Waals surface area contributed by atoms with E-state index in [1.807, 2.05) is 30.3 Å². The first-order chi connectivity index (χ1) is 11.3. The van der Waals surface area contributed by atoms with Crippen molar-refractivity contribution in [1.29, 1.82) is 0 Å². The number of likely N-dealkylation sites (tertiary alicyclic amines) is 1. The molecule has 122 valence electrons. The predicted octanol–water partition coefficient (Wildman–Crippen LogP) is 5.07. The molecule has 2 unspecified atom stereocenters. The zero-order chi connectivity index (χ0) is 15.9. The smallest absolute Gasteiger partial charge is 0.125 e. The first kappa shape index (κ1) is 16.1. The lowest BCUT2D eigenvalue weighted by molar-refractivity contribution is 0.121. The largest absolute Gasteiger partial charge is 0.486 e. The molecule has 1 aliphatic heterocycles. The molecule has 23 heavy (non-hydrogen) atoms. The molecule has 0 aromatic heterocycles. The molecule has 1 aliphatic rings. The van der Waals surface area contributed by atoms with E-state index in [2.05, 4.69) is 42.2 Å². The molecule has 2 atom stereocenters. The Bertz CT molecular complexity index is 569. The molecule has 2 heteroatoms. The lowest BCUT2D eigenvalue weighted by atomic mass is 10.0. The number of ether oxygens (including phenoxy) is 1. The lowest BCUT2D eigenvalue weighted by Crippen LogP contribution is -2.38. The highest BCUT2D eigenvalue weighted by atomic mass is 16.5. The minimum absolute atomic E-state index is 0.118. The molecular formula is C21H27NO. The standard InChI is InChI=1S/C21H27NO/c1-18-10-8-9-16-22(18)17-15-21(19-11-4-2-5-12-19)23-20-13-6-3-7-14-20/h2-7,11-14,18,21H,8-10,15-17H2,1H3. The lowest BCUT2D eigenvalue weighted by Gasteiger charge is -2.34. The van der Waals surface area contributed by atoms with E-state index < -0.39 is 0 Å². The zero-order valence-electron chi connectivity index (χ0n) is 14.0. The van der Waals surface area contributed by atoms with Crippen LogP contribution in [0.5, 0.6) is 5.75 Å². The molecule has 0 N–H and O–H groups in total. The highest BCUT2D eigenvalue weighted by molar-refractivity contribution is 5.24. The first-order valence-corrected chi connectivity index (χ1v) is 8.83. The highest BCUT2D eigenvalue weighted by Crippen LogP contribution is 2.26. The number of benzene rings is 2. The first-order valence-electron chi connectivity index (χ1n) is 8.83. The topological polar surface area (TPSA) is 12.5 Å². The van der Waals surface area contributed by atoms with Gasteiger partial charge in [0.1, 0.15) is 11.9 Å². The zero-order valence-corrected chi connectivity index (χ0v) is 14.0. The van der Waals surface area contributed by atoms with Gasteiger partial charge < -0.3 is 9.64 Å². The number of piperidine rings is 1. The fourth-order valence-corrected chi connectivity index (χ4v) is 3.40. The summed E-state index contributed by atoms with van der Waals surface area (Å²) in [4.78, 5) is 2.62. The Morgan fingerprint density at radius 2 is 1.70 bits per heavy atom. The number of hydrogen-bond acceptors (Lipinski definition) is 2. The molecule has 2 aromatic carbocycles. The van der Waals surface area contributed by atoms with Crippen molar-refractivity contribution in [2.24, 2.45) is 0 Å². The van der Waals surface area contributed by atoms with Crippen LogP contribution in [0, 0.1) is 0 Å². The fourth-order valence-electron chi connectivity index (χ4n) is 3.40. The maximum atomic E-state index is 6.30. The van der Waals surface area contributed by atoms with Gasteiger partial charge in [0.15, 0.2) is 0 Å². The second-order valence-corrected chi connectivity index (χ2v) is 6.50. The molecule has 0 aliphatic carbocycles. The molecule has 1 fully saturated rings. The van der Waals surface area contributed by atoms with Gasteiger partial charge >= 0.3 is 0 Å². The van der Waals surface area contributed by atoms with Gasteiger partial charge in [-0.3, -0.25) is 0 Å². The molecule has 0 saturated carbocycles. The molecule has 0 bridgehead atoms. The minimum Gasteiger partial charge on any atom is -0.486 e. The van der Waals surface area contributed by atoms with Crippen molar-refractivity contribution >= 4 is 0 Å². The van der Waals surface area contributed by atoms with Crippen LogP contribution in [0.15, 0.2) is 60.7 Å². The van der Waals surface area contributed by atoms with E-state index in [9.17, 15) is 0 Å². The summed E-state index contributed by atoms with van der Waals surface area (Å²) >= 11 is 0. The monoisotopic (exact) mass is 309 g/mol. The van der Waals surface area contributed by atoms with Gasteiger partial charge in [0.2, 0.25) is 0 Å². The number of hydrogen-bond donors (Lipinski definition) is 0. The molecule has 2 aromatic rings. The van der Waals surface area contributed by atoms with Gasteiger partial charge in [0, 0.05) is 19.0 Å². The van der Waals surface area contributed by atoms with Crippen molar-refractivity contribution in [1.82, 2.24) is 4.90 Å². The average molecular weight is 309 g/mol. The van der Waals surface area contributed by atoms with Gasteiger partial charge in [-0.2, -0.15) is 0 Å². The predicted molar refractivity (Wildman–Crippen MR) is 95.8 cm³/mol. The van der Waals surface area contributed by atoms with Crippen LogP contribution in [0.1, 0.15) is 44.3 Å². The number of para-hydroxylation sites is 1. The maximum Gasteiger partial charge on any atom is 0.125 e. The highest BCUT2D eigenvalue weighted by Gasteiger charge is 2.21. The van der Waals surface area contributed by atoms with E-state index in [-0.39, 0.29) is 6.10 Å². The van der Waals surface area contributed by atoms with E-state index >= 15 is 0 Å². The van der Waals surface area contributed by atoms with E-state index in [0.717, 1.165) is 18.7 Å². The van der Waals surface area contributed by atoms with Crippen LogP contribution in [-0.4, -0.2) is 24.0 Å². The van der Waals surface area contributed by atoms with Crippen LogP contribution in [0.3, 0.4) is 0 Å².